The first-order valence-electron chi connectivity index (χ1n) is 3.94. The molecular weight excluding hydrogens is 154 g/mol. The fourth-order valence-electron chi connectivity index (χ4n) is 0.778. The van der Waals surface area contributed by atoms with E-state index in [0.29, 0.717) is 0 Å². The molecule has 0 saturated carbocycles. The Kier molecular flexibility index (Phi) is 3.80. The highest BCUT2D eigenvalue weighted by Crippen LogP contribution is 2.21. The monoisotopic (exact) mass is 171 g/mol. The number of rotatable bonds is 3. The second kappa shape index (κ2) is 4.14. The Morgan fingerprint density at radius 1 is 1.67 bits per heavy atom. The summed E-state index contributed by atoms with van der Waals surface area (Å²) in [5, 5.41) is 11.3. The Bertz CT molecular complexity index is 185. The van der Waals surface area contributed by atoms with Gasteiger partial charge in [0.15, 0.2) is 0 Å². The molecule has 0 aromatic carbocycles. The van der Waals surface area contributed by atoms with Crippen molar-refractivity contribution in [3.05, 3.63) is 12.7 Å². The molecule has 1 atom stereocenters. The molecule has 0 bridgehead atoms. The molecule has 0 radical (unpaired) electrons. The largest absolute Gasteiger partial charge is 0.472 e. The van der Waals surface area contributed by atoms with Crippen molar-refractivity contribution in [2.75, 3.05) is 0 Å². The van der Waals surface area contributed by atoms with Crippen LogP contribution in [0.25, 0.3) is 0 Å². The summed E-state index contributed by atoms with van der Waals surface area (Å²) in [5.41, 5.74) is -0.377. The van der Waals surface area contributed by atoms with Crippen LogP contribution in [0.2, 0.25) is 0 Å². The zero-order valence-electron chi connectivity index (χ0n) is 8.16. The van der Waals surface area contributed by atoms with Crippen LogP contribution >= 0.6 is 0 Å². The lowest BCUT2D eigenvalue weighted by Gasteiger charge is -2.29. The Morgan fingerprint density at radius 2 is 2.17 bits per heavy atom. The van der Waals surface area contributed by atoms with Gasteiger partial charge in [0, 0.05) is 12.8 Å². The van der Waals surface area contributed by atoms with Gasteiger partial charge in [0.2, 0.25) is 5.90 Å². The van der Waals surface area contributed by atoms with E-state index in [9.17, 15) is 0 Å². The molecule has 0 saturated heterocycles. The average molecular weight is 171 g/mol. The summed E-state index contributed by atoms with van der Waals surface area (Å²) in [6, 6.07) is 0. The van der Waals surface area contributed by atoms with Crippen LogP contribution in [0.5, 0.6) is 0 Å². The first-order valence-corrected chi connectivity index (χ1v) is 3.94. The topological polar surface area (TPSA) is 41.8 Å². The SMILES string of the molecule is C=CC(C)C(C)(C)OC(C)=NO. The minimum Gasteiger partial charge on any atom is -0.472 e. The van der Waals surface area contributed by atoms with E-state index >= 15 is 0 Å². The first-order chi connectivity index (χ1) is 5.44. The predicted octanol–water partition coefficient (Wildman–Crippen LogP) is 2.41. The highest BCUT2D eigenvalue weighted by molar-refractivity contribution is 5.72. The maximum absolute atomic E-state index is 8.39. The predicted molar refractivity (Wildman–Crippen MR) is 49.4 cm³/mol. The molecule has 12 heavy (non-hydrogen) atoms. The van der Waals surface area contributed by atoms with Crippen molar-refractivity contribution in [1.82, 2.24) is 0 Å². The smallest absolute Gasteiger partial charge is 0.222 e. The Hall–Kier alpha value is -0.990. The van der Waals surface area contributed by atoms with Crippen LogP contribution in [-0.4, -0.2) is 16.7 Å². The zero-order chi connectivity index (χ0) is 9.78. The van der Waals surface area contributed by atoms with Crippen molar-refractivity contribution in [2.45, 2.75) is 33.3 Å². The van der Waals surface area contributed by atoms with Crippen molar-refractivity contribution in [3.8, 4) is 0 Å². The molecule has 0 spiro atoms. The standard InChI is InChI=1S/C9H17NO2/c1-6-7(2)9(4,5)12-8(3)10-11/h6-7,11H,1H2,2-5H3. The van der Waals surface area contributed by atoms with Gasteiger partial charge in [-0.2, -0.15) is 0 Å². The van der Waals surface area contributed by atoms with Crippen LogP contribution in [0.1, 0.15) is 27.7 Å². The summed E-state index contributed by atoms with van der Waals surface area (Å²) < 4.78 is 5.37. The molecular formula is C9H17NO2. The van der Waals surface area contributed by atoms with Gasteiger partial charge in [-0.15, -0.1) is 6.58 Å². The van der Waals surface area contributed by atoms with E-state index in [-0.39, 0.29) is 17.4 Å². The molecule has 0 rings (SSSR count). The molecule has 1 unspecified atom stereocenters. The van der Waals surface area contributed by atoms with Gasteiger partial charge in [0.25, 0.3) is 0 Å². The molecule has 1 N–H and O–H groups in total. The van der Waals surface area contributed by atoms with Crippen molar-refractivity contribution < 1.29 is 9.94 Å². The van der Waals surface area contributed by atoms with Crippen LogP contribution in [0.4, 0.5) is 0 Å². The maximum atomic E-state index is 8.39. The van der Waals surface area contributed by atoms with E-state index < -0.39 is 0 Å². The lowest BCUT2D eigenvalue weighted by molar-refractivity contribution is 0.0521. The summed E-state index contributed by atoms with van der Waals surface area (Å²) in [7, 11) is 0. The lowest BCUT2D eigenvalue weighted by atomic mass is 9.93. The van der Waals surface area contributed by atoms with Gasteiger partial charge in [0.1, 0.15) is 5.60 Å². The summed E-state index contributed by atoms with van der Waals surface area (Å²) in [5.74, 6) is 0.475. The number of hydrogen-bond acceptors (Lipinski definition) is 3. The van der Waals surface area contributed by atoms with Gasteiger partial charge >= 0.3 is 0 Å². The maximum Gasteiger partial charge on any atom is 0.222 e. The van der Waals surface area contributed by atoms with Crippen LogP contribution < -0.4 is 0 Å². The number of oxime groups is 1. The van der Waals surface area contributed by atoms with Crippen LogP contribution in [0.3, 0.4) is 0 Å². The summed E-state index contributed by atoms with van der Waals surface area (Å²) in [6.07, 6.45) is 1.81. The summed E-state index contributed by atoms with van der Waals surface area (Å²) >= 11 is 0. The van der Waals surface area contributed by atoms with E-state index in [2.05, 4.69) is 11.7 Å². The third-order valence-corrected chi connectivity index (χ3v) is 2.00. The van der Waals surface area contributed by atoms with Gasteiger partial charge in [-0.1, -0.05) is 18.2 Å². The molecule has 70 valence electrons. The second-order valence-corrected chi connectivity index (χ2v) is 3.35. The van der Waals surface area contributed by atoms with Gasteiger partial charge in [-0.3, -0.25) is 0 Å². The van der Waals surface area contributed by atoms with Crippen molar-refractivity contribution in [3.63, 3.8) is 0 Å². The minimum absolute atomic E-state index is 0.203. The van der Waals surface area contributed by atoms with Crippen LogP contribution in [0.15, 0.2) is 17.8 Å². The molecule has 3 nitrogen and oxygen atoms in total. The molecule has 3 heteroatoms. The zero-order valence-corrected chi connectivity index (χ0v) is 8.16. The number of ether oxygens (including phenoxy) is 1. The van der Waals surface area contributed by atoms with E-state index in [4.69, 9.17) is 9.94 Å². The molecule has 0 amide bonds. The highest BCUT2D eigenvalue weighted by Gasteiger charge is 2.25. The Balaban J connectivity index is 4.31. The summed E-state index contributed by atoms with van der Waals surface area (Å²) in [6.45, 7) is 11.1. The van der Waals surface area contributed by atoms with E-state index in [0.717, 1.165) is 0 Å². The van der Waals surface area contributed by atoms with Gasteiger partial charge in [0.05, 0.1) is 0 Å². The van der Waals surface area contributed by atoms with Crippen molar-refractivity contribution in [2.24, 2.45) is 11.1 Å². The summed E-state index contributed by atoms with van der Waals surface area (Å²) in [4.78, 5) is 0. The number of nitrogens with zero attached hydrogens (tertiary/aromatic N) is 1. The fourth-order valence-corrected chi connectivity index (χ4v) is 0.778. The highest BCUT2D eigenvalue weighted by atomic mass is 16.5. The van der Waals surface area contributed by atoms with Gasteiger partial charge in [-0.05, 0) is 13.8 Å². The van der Waals surface area contributed by atoms with Crippen molar-refractivity contribution >= 4 is 5.90 Å². The molecule has 0 aliphatic rings. The molecule has 0 aliphatic heterocycles. The quantitative estimate of drug-likeness (QED) is 0.233. The second-order valence-electron chi connectivity index (χ2n) is 3.35. The van der Waals surface area contributed by atoms with Gasteiger partial charge in [-0.25, -0.2) is 0 Å². The molecule has 0 aliphatic carbocycles. The van der Waals surface area contributed by atoms with Crippen LogP contribution in [-0.2, 0) is 4.74 Å². The van der Waals surface area contributed by atoms with E-state index in [1.165, 1.54) is 0 Å². The molecule has 0 fully saturated rings. The normalized spacial score (nSPS) is 15.5. The molecule has 0 aromatic rings. The lowest BCUT2D eigenvalue weighted by Crippen LogP contribution is -2.33. The first kappa shape index (κ1) is 11.0. The molecule has 0 heterocycles. The minimum atomic E-state index is -0.377. The van der Waals surface area contributed by atoms with E-state index in [1.54, 1.807) is 6.92 Å². The average Bonchev–Trinajstić information content (AvgIpc) is 2.02. The third-order valence-electron chi connectivity index (χ3n) is 2.00. The van der Waals surface area contributed by atoms with E-state index in [1.807, 2.05) is 26.8 Å². The third kappa shape index (κ3) is 2.95. The number of hydrogen-bond donors (Lipinski definition) is 1. The molecule has 0 aromatic heterocycles. The Morgan fingerprint density at radius 3 is 2.50 bits per heavy atom. The Labute approximate surface area is 73.7 Å². The van der Waals surface area contributed by atoms with Gasteiger partial charge < -0.3 is 9.94 Å². The van der Waals surface area contributed by atoms with Crippen LogP contribution in [0, 0.1) is 5.92 Å². The van der Waals surface area contributed by atoms with Crippen molar-refractivity contribution in [1.29, 1.82) is 0 Å². The fraction of sp³-hybridized carbons (Fsp3) is 0.667.